The van der Waals surface area contributed by atoms with E-state index in [9.17, 15) is 0 Å². The zero-order chi connectivity index (χ0) is 13.5. The van der Waals surface area contributed by atoms with Crippen molar-refractivity contribution in [3.8, 4) is 11.1 Å². The standard InChI is InChI=1S/C19H14O/c1-13-15(14-7-3-2-4-8-14)11-12-18-19(13)16-9-5-6-10-17(16)20-18/h2-12H,1H3. The molecule has 0 amide bonds. The van der Waals surface area contributed by atoms with Crippen LogP contribution in [0.5, 0.6) is 0 Å². The highest BCUT2D eigenvalue weighted by Crippen LogP contribution is 2.35. The molecule has 20 heavy (non-hydrogen) atoms. The number of hydrogen-bond acceptors (Lipinski definition) is 1. The minimum Gasteiger partial charge on any atom is -0.456 e. The fraction of sp³-hybridized carbons (Fsp3) is 0.0526. The average molecular weight is 258 g/mol. The Morgan fingerprint density at radius 3 is 2.30 bits per heavy atom. The first-order valence-electron chi connectivity index (χ1n) is 6.81. The SMILES string of the molecule is Cc1c(-c2ccccc2)ccc2oc3ccccc3c12. The van der Waals surface area contributed by atoms with Crippen molar-refractivity contribution in [3.63, 3.8) is 0 Å². The summed E-state index contributed by atoms with van der Waals surface area (Å²) in [4.78, 5) is 0. The lowest BCUT2D eigenvalue weighted by Crippen LogP contribution is -1.83. The quantitative estimate of drug-likeness (QED) is 0.435. The van der Waals surface area contributed by atoms with Gasteiger partial charge in [-0.2, -0.15) is 0 Å². The van der Waals surface area contributed by atoms with Gasteiger partial charge in [-0.1, -0.05) is 54.6 Å². The lowest BCUT2D eigenvalue weighted by atomic mass is 9.96. The molecule has 0 aliphatic heterocycles. The van der Waals surface area contributed by atoms with Gasteiger partial charge in [0, 0.05) is 10.8 Å². The van der Waals surface area contributed by atoms with E-state index in [2.05, 4.69) is 55.5 Å². The molecule has 1 heteroatoms. The summed E-state index contributed by atoms with van der Waals surface area (Å²) >= 11 is 0. The van der Waals surface area contributed by atoms with Crippen LogP contribution in [0.15, 0.2) is 71.1 Å². The van der Waals surface area contributed by atoms with Crippen LogP contribution >= 0.6 is 0 Å². The van der Waals surface area contributed by atoms with Crippen molar-refractivity contribution in [2.75, 3.05) is 0 Å². The van der Waals surface area contributed by atoms with Crippen molar-refractivity contribution in [2.45, 2.75) is 6.92 Å². The molecule has 0 atom stereocenters. The summed E-state index contributed by atoms with van der Waals surface area (Å²) in [5.41, 5.74) is 5.71. The Balaban J connectivity index is 2.10. The van der Waals surface area contributed by atoms with Crippen LogP contribution in [0.3, 0.4) is 0 Å². The minimum atomic E-state index is 0.954. The van der Waals surface area contributed by atoms with Crippen molar-refractivity contribution < 1.29 is 4.42 Å². The third-order valence-electron chi connectivity index (χ3n) is 3.89. The molecule has 0 saturated heterocycles. The van der Waals surface area contributed by atoms with Gasteiger partial charge in [0.25, 0.3) is 0 Å². The van der Waals surface area contributed by atoms with Crippen LogP contribution in [0.1, 0.15) is 5.56 Å². The molecular formula is C19H14O. The van der Waals surface area contributed by atoms with E-state index < -0.39 is 0 Å². The van der Waals surface area contributed by atoms with Crippen LogP contribution in [0, 0.1) is 6.92 Å². The molecule has 0 fully saturated rings. The Bertz CT molecular complexity index is 901. The maximum Gasteiger partial charge on any atom is 0.135 e. The zero-order valence-electron chi connectivity index (χ0n) is 11.3. The van der Waals surface area contributed by atoms with E-state index in [-0.39, 0.29) is 0 Å². The number of fused-ring (bicyclic) bond motifs is 3. The lowest BCUT2D eigenvalue weighted by molar-refractivity contribution is 0.669. The highest BCUT2D eigenvalue weighted by molar-refractivity contribution is 6.08. The van der Waals surface area contributed by atoms with E-state index in [0.717, 1.165) is 11.2 Å². The van der Waals surface area contributed by atoms with Crippen LogP contribution in [0.4, 0.5) is 0 Å². The van der Waals surface area contributed by atoms with Gasteiger partial charge in [0.2, 0.25) is 0 Å². The molecule has 0 bridgehead atoms. The Hall–Kier alpha value is -2.54. The van der Waals surface area contributed by atoms with E-state index in [1.807, 2.05) is 18.2 Å². The highest BCUT2D eigenvalue weighted by Gasteiger charge is 2.12. The highest BCUT2D eigenvalue weighted by atomic mass is 16.3. The van der Waals surface area contributed by atoms with Gasteiger partial charge in [-0.25, -0.2) is 0 Å². The maximum absolute atomic E-state index is 5.92. The summed E-state index contributed by atoms with van der Waals surface area (Å²) in [5.74, 6) is 0. The van der Waals surface area contributed by atoms with Gasteiger partial charge in [-0.15, -0.1) is 0 Å². The molecular weight excluding hydrogens is 244 g/mol. The molecule has 4 rings (SSSR count). The smallest absolute Gasteiger partial charge is 0.135 e. The van der Waals surface area contributed by atoms with Crippen molar-refractivity contribution in [1.82, 2.24) is 0 Å². The second-order valence-corrected chi connectivity index (χ2v) is 5.08. The molecule has 3 aromatic carbocycles. The molecule has 0 radical (unpaired) electrons. The molecule has 0 spiro atoms. The van der Waals surface area contributed by atoms with E-state index in [1.54, 1.807) is 0 Å². The molecule has 96 valence electrons. The molecule has 0 unspecified atom stereocenters. The number of para-hydroxylation sites is 1. The molecule has 0 saturated carbocycles. The van der Waals surface area contributed by atoms with Crippen LogP contribution < -0.4 is 0 Å². The van der Waals surface area contributed by atoms with Crippen molar-refractivity contribution >= 4 is 21.9 Å². The topological polar surface area (TPSA) is 13.1 Å². The molecule has 0 aliphatic carbocycles. The first kappa shape index (κ1) is 11.3. The first-order valence-corrected chi connectivity index (χ1v) is 6.81. The number of aryl methyl sites for hydroxylation is 1. The Kier molecular flexibility index (Phi) is 2.40. The van der Waals surface area contributed by atoms with E-state index in [0.29, 0.717) is 0 Å². The van der Waals surface area contributed by atoms with Crippen LogP contribution in [0.25, 0.3) is 33.1 Å². The summed E-state index contributed by atoms with van der Waals surface area (Å²) in [7, 11) is 0. The van der Waals surface area contributed by atoms with Crippen LogP contribution in [-0.2, 0) is 0 Å². The maximum atomic E-state index is 5.92. The van der Waals surface area contributed by atoms with E-state index >= 15 is 0 Å². The van der Waals surface area contributed by atoms with Gasteiger partial charge in [0.15, 0.2) is 0 Å². The second-order valence-electron chi connectivity index (χ2n) is 5.08. The van der Waals surface area contributed by atoms with Gasteiger partial charge >= 0.3 is 0 Å². The lowest BCUT2D eigenvalue weighted by Gasteiger charge is -2.07. The molecule has 4 aromatic rings. The minimum absolute atomic E-state index is 0.954. The average Bonchev–Trinajstić information content (AvgIpc) is 2.88. The Morgan fingerprint density at radius 1 is 0.700 bits per heavy atom. The Labute approximate surface area is 117 Å². The number of hydrogen-bond donors (Lipinski definition) is 0. The monoisotopic (exact) mass is 258 g/mol. The Morgan fingerprint density at radius 2 is 1.45 bits per heavy atom. The number of furan rings is 1. The summed E-state index contributed by atoms with van der Waals surface area (Å²) in [6.45, 7) is 2.17. The summed E-state index contributed by atoms with van der Waals surface area (Å²) in [6, 6.07) is 22.9. The normalized spacial score (nSPS) is 11.2. The molecule has 1 aromatic heterocycles. The van der Waals surface area contributed by atoms with Gasteiger partial charge in [0.05, 0.1) is 0 Å². The van der Waals surface area contributed by atoms with Gasteiger partial charge in [-0.3, -0.25) is 0 Å². The third-order valence-corrected chi connectivity index (χ3v) is 3.89. The van der Waals surface area contributed by atoms with Crippen molar-refractivity contribution in [1.29, 1.82) is 0 Å². The summed E-state index contributed by atoms with van der Waals surface area (Å²) in [5, 5.41) is 2.42. The molecule has 0 N–H and O–H groups in total. The van der Waals surface area contributed by atoms with E-state index in [1.165, 1.54) is 27.5 Å². The molecule has 1 nitrogen and oxygen atoms in total. The molecule has 1 heterocycles. The van der Waals surface area contributed by atoms with Gasteiger partial charge in [0.1, 0.15) is 11.2 Å². The fourth-order valence-corrected chi connectivity index (χ4v) is 2.92. The zero-order valence-corrected chi connectivity index (χ0v) is 11.3. The number of rotatable bonds is 1. The third kappa shape index (κ3) is 1.56. The summed E-state index contributed by atoms with van der Waals surface area (Å²) < 4.78 is 5.92. The predicted octanol–water partition coefficient (Wildman–Crippen LogP) is 5.56. The van der Waals surface area contributed by atoms with Gasteiger partial charge in [-0.05, 0) is 35.7 Å². The number of benzene rings is 3. The predicted molar refractivity (Wildman–Crippen MR) is 83.9 cm³/mol. The largest absolute Gasteiger partial charge is 0.456 e. The van der Waals surface area contributed by atoms with Crippen LogP contribution in [-0.4, -0.2) is 0 Å². The summed E-state index contributed by atoms with van der Waals surface area (Å²) in [6.07, 6.45) is 0. The van der Waals surface area contributed by atoms with Crippen LogP contribution in [0.2, 0.25) is 0 Å². The fourth-order valence-electron chi connectivity index (χ4n) is 2.92. The van der Waals surface area contributed by atoms with Crippen molar-refractivity contribution in [2.24, 2.45) is 0 Å². The van der Waals surface area contributed by atoms with Crippen molar-refractivity contribution in [3.05, 3.63) is 72.3 Å². The molecule has 0 aliphatic rings. The van der Waals surface area contributed by atoms with Gasteiger partial charge < -0.3 is 4.42 Å². The first-order chi connectivity index (χ1) is 9.84. The second kappa shape index (κ2) is 4.24. The van der Waals surface area contributed by atoms with E-state index in [4.69, 9.17) is 4.42 Å².